The summed E-state index contributed by atoms with van der Waals surface area (Å²) in [7, 11) is 0. The minimum Gasteiger partial charge on any atom is -0.388 e. The van der Waals surface area contributed by atoms with Crippen LogP contribution in [-0.4, -0.2) is 17.5 Å². The van der Waals surface area contributed by atoms with E-state index in [-0.39, 0.29) is 12.4 Å². The van der Waals surface area contributed by atoms with Crippen LogP contribution >= 0.6 is 0 Å². The summed E-state index contributed by atoms with van der Waals surface area (Å²) in [5.74, 6) is -0.198. The first-order valence-electron chi connectivity index (χ1n) is 2.74. The molecule has 0 amide bonds. The van der Waals surface area contributed by atoms with Crippen molar-refractivity contribution in [2.45, 2.75) is 6.42 Å². The van der Waals surface area contributed by atoms with Gasteiger partial charge in [0.05, 0.1) is 12.2 Å². The highest BCUT2D eigenvalue weighted by Crippen LogP contribution is 2.09. The molecule has 0 aromatic rings. The van der Waals surface area contributed by atoms with Crippen molar-refractivity contribution < 1.29 is 9.90 Å². The van der Waals surface area contributed by atoms with Crippen LogP contribution in [0.3, 0.4) is 0 Å². The van der Waals surface area contributed by atoms with Crippen molar-refractivity contribution in [3.8, 4) is 0 Å². The first-order chi connectivity index (χ1) is 4.34. The molecule has 2 heteroatoms. The first kappa shape index (κ1) is 6.14. The van der Waals surface area contributed by atoms with Crippen LogP contribution in [0.2, 0.25) is 0 Å². The number of rotatable bonds is 2. The summed E-state index contributed by atoms with van der Waals surface area (Å²) in [6.45, 7) is -0.388. The van der Waals surface area contributed by atoms with Crippen molar-refractivity contribution in [2.75, 3.05) is 6.61 Å². The van der Waals surface area contributed by atoms with Crippen molar-refractivity contribution in [1.82, 2.24) is 0 Å². The summed E-state index contributed by atoms with van der Waals surface area (Å²) in [6, 6.07) is 0. The third kappa shape index (κ3) is 1.22. The smallest absolute Gasteiger partial charge is 0.207 e. The Hall–Kier alpha value is -0.980. The van der Waals surface area contributed by atoms with Crippen LogP contribution in [0.5, 0.6) is 0 Å². The highest BCUT2D eigenvalue weighted by Gasteiger charge is 2.16. The van der Waals surface area contributed by atoms with E-state index in [1.54, 1.807) is 12.2 Å². The van der Waals surface area contributed by atoms with Crippen LogP contribution in [0.1, 0.15) is 6.42 Å². The zero-order valence-electron chi connectivity index (χ0n) is 4.92. The van der Waals surface area contributed by atoms with Crippen LogP contribution in [0, 0.1) is 6.08 Å². The van der Waals surface area contributed by atoms with Gasteiger partial charge in [0.1, 0.15) is 18.6 Å². The van der Waals surface area contributed by atoms with Gasteiger partial charge >= 0.3 is 0 Å². The van der Waals surface area contributed by atoms with Crippen molar-refractivity contribution in [3.05, 3.63) is 23.8 Å². The van der Waals surface area contributed by atoms with Gasteiger partial charge in [-0.3, -0.25) is 4.79 Å². The van der Waals surface area contributed by atoms with Crippen molar-refractivity contribution in [3.63, 3.8) is 0 Å². The maximum atomic E-state index is 10.6. The SMILES string of the molecule is O=C(CO)C1=CC=[C+]C1. The van der Waals surface area contributed by atoms with Crippen molar-refractivity contribution in [1.29, 1.82) is 0 Å². The lowest BCUT2D eigenvalue weighted by atomic mass is 10.1. The predicted octanol–water partition coefficient (Wildman–Crippen LogP) is 0.237. The third-order valence-electron chi connectivity index (χ3n) is 1.20. The minimum atomic E-state index is -0.388. The molecule has 0 saturated carbocycles. The normalized spacial score (nSPS) is 15.0. The average Bonchev–Trinajstić information content (AvgIpc) is 2.37. The van der Waals surface area contributed by atoms with E-state index in [1.807, 2.05) is 0 Å². The minimum absolute atomic E-state index is 0.198. The molecule has 0 spiro atoms. The fourth-order valence-electron chi connectivity index (χ4n) is 0.680. The van der Waals surface area contributed by atoms with Gasteiger partial charge in [-0.15, -0.1) is 0 Å². The summed E-state index contributed by atoms with van der Waals surface area (Å²) in [4.78, 5) is 10.6. The standard InChI is InChI=1S/C7H7O2/c8-5-7(9)6-3-1-2-4-6/h1,3,8H,4-5H2/q+1. The van der Waals surface area contributed by atoms with Crippen LogP contribution in [-0.2, 0) is 4.79 Å². The molecule has 0 saturated heterocycles. The van der Waals surface area contributed by atoms with Gasteiger partial charge in [-0.1, -0.05) is 0 Å². The molecule has 0 aromatic heterocycles. The fourth-order valence-corrected chi connectivity index (χ4v) is 0.680. The lowest BCUT2D eigenvalue weighted by Gasteiger charge is -1.86. The van der Waals surface area contributed by atoms with Gasteiger partial charge in [-0.25, -0.2) is 0 Å². The second-order valence-electron chi connectivity index (χ2n) is 1.82. The van der Waals surface area contributed by atoms with Gasteiger partial charge < -0.3 is 5.11 Å². The molecule has 1 aliphatic carbocycles. The molecule has 1 aliphatic rings. The number of Topliss-reactive ketones (excluding diaryl/α,β-unsaturated/α-hetero) is 1. The molecule has 0 heterocycles. The van der Waals surface area contributed by atoms with Gasteiger partial charge in [0.25, 0.3) is 0 Å². The number of hydrogen-bond acceptors (Lipinski definition) is 2. The van der Waals surface area contributed by atoms with Gasteiger partial charge in [-0.2, -0.15) is 0 Å². The Morgan fingerprint density at radius 3 is 3.11 bits per heavy atom. The first-order valence-corrected chi connectivity index (χ1v) is 2.74. The number of hydrogen-bond donors (Lipinski definition) is 1. The zero-order valence-corrected chi connectivity index (χ0v) is 4.92. The molecule has 0 aliphatic heterocycles. The van der Waals surface area contributed by atoms with Crippen LogP contribution in [0.4, 0.5) is 0 Å². The van der Waals surface area contributed by atoms with E-state index in [4.69, 9.17) is 5.11 Å². The summed E-state index contributed by atoms with van der Waals surface area (Å²) in [6.07, 6.45) is 6.77. The lowest BCUT2D eigenvalue weighted by Crippen LogP contribution is -2.05. The second kappa shape index (κ2) is 2.53. The van der Waals surface area contributed by atoms with Crippen LogP contribution < -0.4 is 0 Å². The van der Waals surface area contributed by atoms with E-state index in [2.05, 4.69) is 6.08 Å². The quantitative estimate of drug-likeness (QED) is 0.534. The van der Waals surface area contributed by atoms with E-state index in [1.165, 1.54) is 0 Å². The summed E-state index contributed by atoms with van der Waals surface area (Å²) < 4.78 is 0. The molecule has 9 heavy (non-hydrogen) atoms. The highest BCUT2D eigenvalue weighted by molar-refractivity contribution is 5.97. The molecule has 0 fully saturated rings. The van der Waals surface area contributed by atoms with Crippen LogP contribution in [0.25, 0.3) is 0 Å². The molecule has 1 rings (SSSR count). The van der Waals surface area contributed by atoms with Crippen LogP contribution in [0.15, 0.2) is 17.7 Å². The number of carbonyl (C=O) groups is 1. The number of carbonyl (C=O) groups excluding carboxylic acids is 1. The van der Waals surface area contributed by atoms with E-state index in [9.17, 15) is 4.79 Å². The van der Waals surface area contributed by atoms with Gasteiger partial charge in [0.2, 0.25) is 5.78 Å². The summed E-state index contributed by atoms with van der Waals surface area (Å²) in [5, 5.41) is 8.36. The van der Waals surface area contributed by atoms with Gasteiger partial charge in [0, 0.05) is 0 Å². The number of aliphatic hydroxyl groups is 1. The maximum Gasteiger partial charge on any atom is 0.207 e. The molecule has 0 atom stereocenters. The zero-order chi connectivity index (χ0) is 6.69. The van der Waals surface area contributed by atoms with Crippen molar-refractivity contribution in [2.24, 2.45) is 0 Å². The number of aliphatic hydroxyl groups excluding tert-OH is 1. The maximum absolute atomic E-state index is 10.6. The molecule has 0 unspecified atom stereocenters. The Kier molecular flexibility index (Phi) is 1.73. The van der Waals surface area contributed by atoms with E-state index >= 15 is 0 Å². The van der Waals surface area contributed by atoms with Crippen molar-refractivity contribution >= 4 is 5.78 Å². The largest absolute Gasteiger partial charge is 0.388 e. The van der Waals surface area contributed by atoms with Gasteiger partial charge in [0.15, 0.2) is 6.08 Å². The molecular formula is C7H7O2+. The molecule has 2 nitrogen and oxygen atoms in total. The van der Waals surface area contributed by atoms with E-state index in [0.717, 1.165) is 0 Å². The topological polar surface area (TPSA) is 37.3 Å². The Morgan fingerprint density at radius 2 is 2.67 bits per heavy atom. The summed E-state index contributed by atoms with van der Waals surface area (Å²) in [5.41, 5.74) is 0.650. The van der Waals surface area contributed by atoms with E-state index in [0.29, 0.717) is 12.0 Å². The summed E-state index contributed by atoms with van der Waals surface area (Å²) >= 11 is 0. The third-order valence-corrected chi connectivity index (χ3v) is 1.20. The highest BCUT2D eigenvalue weighted by atomic mass is 16.3. The Bertz CT molecular complexity index is 177. The average molecular weight is 123 g/mol. The Balaban J connectivity index is 2.55. The second-order valence-corrected chi connectivity index (χ2v) is 1.82. The molecular weight excluding hydrogens is 116 g/mol. The number of ketones is 1. The fraction of sp³-hybridized carbons (Fsp3) is 0.286. The molecule has 0 bridgehead atoms. The van der Waals surface area contributed by atoms with Gasteiger partial charge in [-0.05, 0) is 0 Å². The Labute approximate surface area is 53.5 Å². The molecule has 1 N–H and O–H groups in total. The monoisotopic (exact) mass is 123 g/mol. The molecule has 46 valence electrons. The molecule has 0 radical (unpaired) electrons. The number of allylic oxidation sites excluding steroid dienone is 3. The van der Waals surface area contributed by atoms with E-state index < -0.39 is 0 Å². The predicted molar refractivity (Wildman–Crippen MR) is 32.6 cm³/mol. The lowest BCUT2D eigenvalue weighted by molar-refractivity contribution is -0.118. The molecule has 0 aromatic carbocycles. The Morgan fingerprint density at radius 1 is 1.89 bits per heavy atom.